The van der Waals surface area contributed by atoms with Gasteiger partial charge >= 0.3 is 0 Å². The molecule has 1 unspecified atom stereocenters. The van der Waals surface area contributed by atoms with Crippen LogP contribution in [-0.4, -0.2) is 39.9 Å². The van der Waals surface area contributed by atoms with Crippen molar-refractivity contribution in [2.24, 2.45) is 10.7 Å². The zero-order valence-electron chi connectivity index (χ0n) is 9.54. The van der Waals surface area contributed by atoms with Gasteiger partial charge in [-0.15, -0.1) is 11.8 Å². The van der Waals surface area contributed by atoms with Gasteiger partial charge in [-0.3, -0.25) is 9.69 Å². The summed E-state index contributed by atoms with van der Waals surface area (Å²) in [5, 5.41) is 0. The van der Waals surface area contributed by atoms with Crippen LogP contribution in [0.1, 0.15) is 13.3 Å². The Hall–Kier alpha value is -0.0100. The molecular weight excluding hydrogens is 370 g/mol. The number of rotatable bonds is 1. The Morgan fingerprint density at radius 2 is 2.29 bits per heavy atom. The first kappa shape index (κ1) is 13.4. The van der Waals surface area contributed by atoms with Crippen LogP contribution in [0.15, 0.2) is 14.4 Å². The third kappa shape index (κ3) is 2.29. The van der Waals surface area contributed by atoms with Crippen LogP contribution in [0.5, 0.6) is 0 Å². The molecule has 2 heterocycles. The van der Waals surface area contributed by atoms with E-state index in [9.17, 15) is 4.79 Å². The molecule has 0 aromatic carbocycles. The lowest BCUT2D eigenvalue weighted by Crippen LogP contribution is -2.49. The number of aliphatic imine (C=N–C) groups is 1. The Kier molecular flexibility index (Phi) is 3.62. The second kappa shape index (κ2) is 4.59. The zero-order chi connectivity index (χ0) is 12.8. The summed E-state index contributed by atoms with van der Waals surface area (Å²) in [6.45, 7) is 1.96. The fourth-order valence-corrected chi connectivity index (χ4v) is 5.00. The Morgan fingerprint density at radius 1 is 1.65 bits per heavy atom. The number of hydrogen-bond donors (Lipinski definition) is 1. The van der Waals surface area contributed by atoms with E-state index in [-0.39, 0.29) is 11.9 Å². The van der Waals surface area contributed by atoms with Crippen molar-refractivity contribution in [1.82, 2.24) is 4.90 Å². The van der Waals surface area contributed by atoms with E-state index < -0.39 is 5.54 Å². The second-order valence-electron chi connectivity index (χ2n) is 4.33. The van der Waals surface area contributed by atoms with E-state index in [2.05, 4.69) is 36.9 Å². The van der Waals surface area contributed by atoms with Crippen molar-refractivity contribution >= 4 is 55.5 Å². The lowest BCUT2D eigenvalue weighted by molar-refractivity contribution is -0.128. The molecule has 94 valence electrons. The fraction of sp³-hybridized carbons (Fsp3) is 0.600. The molecule has 0 aromatic heterocycles. The van der Waals surface area contributed by atoms with Gasteiger partial charge in [0.2, 0.25) is 5.91 Å². The molecule has 0 saturated carbocycles. The lowest BCUT2D eigenvalue weighted by Gasteiger charge is -2.34. The van der Waals surface area contributed by atoms with E-state index in [0.717, 1.165) is 15.1 Å². The van der Waals surface area contributed by atoms with E-state index >= 15 is 0 Å². The highest BCUT2D eigenvalue weighted by Gasteiger charge is 2.42. The van der Waals surface area contributed by atoms with Crippen LogP contribution in [-0.2, 0) is 4.79 Å². The van der Waals surface area contributed by atoms with Crippen LogP contribution < -0.4 is 5.73 Å². The third-order valence-corrected chi connectivity index (χ3v) is 7.41. The van der Waals surface area contributed by atoms with Gasteiger partial charge in [0, 0.05) is 22.2 Å². The molecule has 2 aliphatic rings. The van der Waals surface area contributed by atoms with E-state index in [4.69, 9.17) is 5.73 Å². The summed E-state index contributed by atoms with van der Waals surface area (Å²) in [5.74, 6) is 1.24. The van der Waals surface area contributed by atoms with Crippen molar-refractivity contribution in [3.8, 4) is 0 Å². The van der Waals surface area contributed by atoms with Gasteiger partial charge in [-0.2, -0.15) is 0 Å². The van der Waals surface area contributed by atoms with Gasteiger partial charge in [-0.05, 0) is 6.92 Å². The largest absolute Gasteiger partial charge is 0.369 e. The smallest absolute Gasteiger partial charge is 0.231 e. The maximum Gasteiger partial charge on any atom is 0.231 e. The van der Waals surface area contributed by atoms with Crippen molar-refractivity contribution < 1.29 is 4.79 Å². The van der Waals surface area contributed by atoms with E-state index in [1.165, 1.54) is 4.90 Å². The Morgan fingerprint density at radius 3 is 2.76 bits per heavy atom. The molecule has 2 aliphatic heterocycles. The van der Waals surface area contributed by atoms with Gasteiger partial charge in [0.25, 0.3) is 0 Å². The second-order valence-corrected chi connectivity index (χ2v) is 7.32. The first-order valence-electron chi connectivity index (χ1n) is 5.14. The van der Waals surface area contributed by atoms with E-state index in [1.807, 2.05) is 6.92 Å². The molecule has 0 saturated heterocycles. The highest BCUT2D eigenvalue weighted by molar-refractivity contribution is 9.14. The minimum absolute atomic E-state index is 0.00595. The van der Waals surface area contributed by atoms with Crippen molar-refractivity contribution in [1.29, 1.82) is 0 Å². The molecule has 0 aliphatic carbocycles. The monoisotopic (exact) mass is 381 g/mol. The van der Waals surface area contributed by atoms with Crippen molar-refractivity contribution in [3.63, 3.8) is 0 Å². The average molecular weight is 383 g/mol. The van der Waals surface area contributed by atoms with Crippen LogP contribution in [0.3, 0.4) is 0 Å². The van der Waals surface area contributed by atoms with E-state index in [1.54, 1.807) is 18.8 Å². The summed E-state index contributed by atoms with van der Waals surface area (Å²) in [4.78, 5) is 19.2. The Bertz CT molecular complexity index is 437. The molecule has 0 spiro atoms. The third-order valence-electron chi connectivity index (χ3n) is 2.93. The number of allylic oxidation sites excluding steroid dienone is 1. The number of carbonyl (C=O) groups excluding carboxylic acids is 1. The lowest BCUT2D eigenvalue weighted by atomic mass is 9.95. The van der Waals surface area contributed by atoms with Crippen molar-refractivity contribution in [2.75, 3.05) is 12.8 Å². The molecule has 2 N–H and O–H groups in total. The minimum Gasteiger partial charge on any atom is -0.369 e. The summed E-state index contributed by atoms with van der Waals surface area (Å²) in [6, 6.07) is 0. The minimum atomic E-state index is -0.528. The number of amides is 1. The number of alkyl halides is 1. The van der Waals surface area contributed by atoms with Gasteiger partial charge in [0.1, 0.15) is 5.54 Å². The SMILES string of the molecule is CN1C(=O)C[C@@](C)(C2=C(Br)C(Br)CS2)N=C1N. The molecule has 0 bridgehead atoms. The number of nitrogens with zero attached hydrogens (tertiary/aromatic N) is 2. The van der Waals surface area contributed by atoms with Crippen LogP contribution in [0.2, 0.25) is 0 Å². The summed E-state index contributed by atoms with van der Waals surface area (Å²) in [6.07, 6.45) is 0.362. The molecular formula is C10H13Br2N3OS. The summed E-state index contributed by atoms with van der Waals surface area (Å²) < 4.78 is 1.08. The Labute approximate surface area is 121 Å². The summed E-state index contributed by atoms with van der Waals surface area (Å²) >= 11 is 8.87. The van der Waals surface area contributed by atoms with Crippen LogP contribution in [0.4, 0.5) is 0 Å². The van der Waals surface area contributed by atoms with Crippen molar-refractivity contribution in [3.05, 3.63) is 9.39 Å². The molecule has 0 radical (unpaired) electrons. The summed E-state index contributed by atoms with van der Waals surface area (Å²) in [5.41, 5.74) is 5.26. The molecule has 2 rings (SSSR count). The van der Waals surface area contributed by atoms with Gasteiger partial charge in [-0.1, -0.05) is 31.9 Å². The molecule has 17 heavy (non-hydrogen) atoms. The normalized spacial score (nSPS) is 34.4. The maximum absolute atomic E-state index is 11.9. The standard InChI is InChI=1S/C10H13Br2N3OS/c1-10(8-7(12)5(11)4-17-8)3-6(16)15(2)9(13)14-10/h5H,3-4H2,1-2H3,(H2,13,14)/t5?,10-/m0/s1. The maximum atomic E-state index is 11.9. The van der Waals surface area contributed by atoms with Gasteiger partial charge in [0.05, 0.1) is 11.2 Å². The number of guanidine groups is 1. The first-order chi connectivity index (χ1) is 7.85. The zero-order valence-corrected chi connectivity index (χ0v) is 13.5. The van der Waals surface area contributed by atoms with Crippen LogP contribution >= 0.6 is 43.6 Å². The van der Waals surface area contributed by atoms with Gasteiger partial charge in [0.15, 0.2) is 5.96 Å². The number of nitrogens with two attached hydrogens (primary N) is 1. The predicted molar refractivity (Wildman–Crippen MR) is 78.5 cm³/mol. The van der Waals surface area contributed by atoms with Gasteiger partial charge in [-0.25, -0.2) is 4.99 Å². The van der Waals surface area contributed by atoms with Crippen LogP contribution in [0.25, 0.3) is 0 Å². The van der Waals surface area contributed by atoms with E-state index in [0.29, 0.717) is 11.2 Å². The number of thioether (sulfide) groups is 1. The highest BCUT2D eigenvalue weighted by Crippen LogP contribution is 2.47. The molecule has 2 atom stereocenters. The number of halogens is 2. The van der Waals surface area contributed by atoms with Gasteiger partial charge < -0.3 is 5.73 Å². The quantitative estimate of drug-likeness (QED) is 0.706. The molecule has 0 aromatic rings. The summed E-state index contributed by atoms with van der Waals surface area (Å²) in [7, 11) is 1.65. The molecule has 7 heteroatoms. The predicted octanol–water partition coefficient (Wildman–Crippen LogP) is 2.04. The Balaban J connectivity index is 2.42. The van der Waals surface area contributed by atoms with Crippen LogP contribution in [0, 0.1) is 0 Å². The first-order valence-corrected chi connectivity index (χ1v) is 7.83. The number of carbonyl (C=O) groups is 1. The average Bonchev–Trinajstić information content (AvgIpc) is 2.57. The topological polar surface area (TPSA) is 58.7 Å². The van der Waals surface area contributed by atoms with Crippen molar-refractivity contribution in [2.45, 2.75) is 23.7 Å². The fourth-order valence-electron chi connectivity index (χ4n) is 1.89. The molecule has 0 fully saturated rings. The highest BCUT2D eigenvalue weighted by atomic mass is 79.9. The number of hydrogen-bond acceptors (Lipinski definition) is 4. The molecule has 4 nitrogen and oxygen atoms in total. The molecule has 1 amide bonds.